The lowest BCUT2D eigenvalue weighted by Gasteiger charge is -2.33. The lowest BCUT2D eigenvalue weighted by molar-refractivity contribution is -0.137. The molecule has 0 spiro atoms. The summed E-state index contributed by atoms with van der Waals surface area (Å²) in [5.74, 6) is -0.695. The number of alkyl halides is 3. The maximum Gasteiger partial charge on any atom is 0.416 e. The molecule has 43 heavy (non-hydrogen) atoms. The van der Waals surface area contributed by atoms with Crippen LogP contribution in [0.3, 0.4) is 0 Å². The van der Waals surface area contributed by atoms with Crippen LogP contribution in [-0.4, -0.2) is 59.5 Å². The molecule has 3 heterocycles. The van der Waals surface area contributed by atoms with E-state index in [-0.39, 0.29) is 41.4 Å². The molecule has 0 bridgehead atoms. The highest BCUT2D eigenvalue weighted by molar-refractivity contribution is 7.09. The van der Waals surface area contributed by atoms with Crippen LogP contribution in [0.15, 0.2) is 29.4 Å². The third-order valence-corrected chi connectivity index (χ3v) is 8.80. The van der Waals surface area contributed by atoms with Crippen LogP contribution >= 0.6 is 11.3 Å². The van der Waals surface area contributed by atoms with Crippen molar-refractivity contribution >= 4 is 23.3 Å². The number of amides is 2. The summed E-state index contributed by atoms with van der Waals surface area (Å²) in [6, 6.07) is 2.92. The molecular formula is C31H42F3N3O5S. The number of nitrogens with zero attached hydrogens (tertiary/aromatic N) is 3. The molecule has 2 aliphatic heterocycles. The predicted molar refractivity (Wildman–Crippen MR) is 157 cm³/mol. The molecule has 1 atom stereocenters. The number of likely N-dealkylation sites (tertiary alicyclic amines) is 1. The Morgan fingerprint density at radius 3 is 2.35 bits per heavy atom. The molecule has 2 aromatic rings. The maximum atomic E-state index is 13.7. The number of halogens is 3. The zero-order chi connectivity index (χ0) is 31.6. The largest absolute Gasteiger partial charge is 0.492 e. The summed E-state index contributed by atoms with van der Waals surface area (Å²) in [5.41, 5.74) is -1.98. The van der Waals surface area contributed by atoms with Gasteiger partial charge in [-0.05, 0) is 76.0 Å². The first kappa shape index (κ1) is 33.0. The van der Waals surface area contributed by atoms with E-state index in [1.165, 1.54) is 17.4 Å². The van der Waals surface area contributed by atoms with E-state index in [1.807, 2.05) is 31.5 Å². The summed E-state index contributed by atoms with van der Waals surface area (Å²) < 4.78 is 60.0. The number of thiazole rings is 1. The maximum absolute atomic E-state index is 13.7. The molecule has 0 radical (unpaired) electrons. The first-order chi connectivity index (χ1) is 20.0. The van der Waals surface area contributed by atoms with Gasteiger partial charge in [-0.15, -0.1) is 11.3 Å². The van der Waals surface area contributed by atoms with Crippen molar-refractivity contribution in [2.24, 2.45) is 10.9 Å². The first-order valence-electron chi connectivity index (χ1n) is 14.7. The molecule has 0 N–H and O–H groups in total. The fraction of sp³-hybridized carbons (Fsp3) is 0.645. The van der Waals surface area contributed by atoms with Crippen LogP contribution in [-0.2, 0) is 27.6 Å². The highest BCUT2D eigenvalue weighted by Gasteiger charge is 2.33. The summed E-state index contributed by atoms with van der Waals surface area (Å²) in [7, 11) is 0. The van der Waals surface area contributed by atoms with E-state index in [2.05, 4.69) is 25.8 Å². The lowest BCUT2D eigenvalue weighted by Crippen LogP contribution is -2.42. The van der Waals surface area contributed by atoms with Gasteiger partial charge < -0.3 is 23.7 Å². The molecule has 2 aliphatic rings. The predicted octanol–water partition coefficient (Wildman–Crippen LogP) is 6.81. The number of benzene rings is 1. The number of hydrogen-bond acceptors (Lipinski definition) is 6. The molecule has 2 amide bonds. The first-order valence-corrected chi connectivity index (χ1v) is 15.5. The van der Waals surface area contributed by atoms with Gasteiger partial charge in [0.25, 0.3) is 5.91 Å². The second kappa shape index (κ2) is 13.0. The number of hydrogen-bond donors (Lipinski definition) is 0. The topological polar surface area (TPSA) is 82.4 Å². The van der Waals surface area contributed by atoms with Crippen LogP contribution in [0.5, 0.6) is 5.75 Å². The molecule has 8 nitrogen and oxygen atoms in total. The van der Waals surface area contributed by atoms with E-state index in [0.717, 1.165) is 29.9 Å². The van der Waals surface area contributed by atoms with Gasteiger partial charge >= 0.3 is 12.3 Å². The van der Waals surface area contributed by atoms with E-state index in [9.17, 15) is 22.8 Å². The third-order valence-electron chi connectivity index (χ3n) is 7.36. The highest BCUT2D eigenvalue weighted by Crippen LogP contribution is 2.34. The standard InChI is InChI=1S/C31H42F3N3O5S/c1-29(2,3)25-18-37(17-22-8-7-15-40-22)27(43-25)35-26(38)23-16-21(31(32,33)34)9-10-24(23)41-19-20-11-13-36(14-12-20)28(39)42-30(4,5)6/h9-10,16,18,20,22H,7-8,11-15,17,19H2,1-6H3/t22-/m1/s1. The summed E-state index contributed by atoms with van der Waals surface area (Å²) >= 11 is 1.34. The Bertz CT molecular complexity index is 1360. The van der Waals surface area contributed by atoms with Crippen LogP contribution in [0.1, 0.15) is 88.0 Å². The molecule has 12 heteroatoms. The van der Waals surface area contributed by atoms with Crippen molar-refractivity contribution in [3.8, 4) is 5.75 Å². The molecule has 4 rings (SSSR count). The molecule has 0 aliphatic carbocycles. The number of ether oxygens (including phenoxy) is 3. The Labute approximate surface area is 254 Å². The Hall–Kier alpha value is -2.86. The van der Waals surface area contributed by atoms with E-state index >= 15 is 0 Å². The second-order valence-electron chi connectivity index (χ2n) is 13.3. The van der Waals surface area contributed by atoms with Crippen molar-refractivity contribution in [3.63, 3.8) is 0 Å². The minimum absolute atomic E-state index is 0.00865. The Kier molecular flexibility index (Phi) is 10.0. The van der Waals surface area contributed by atoms with Crippen molar-refractivity contribution < 1.29 is 37.0 Å². The number of piperidine rings is 1. The van der Waals surface area contributed by atoms with Crippen LogP contribution < -0.4 is 9.54 Å². The lowest BCUT2D eigenvalue weighted by atomic mass is 9.95. The van der Waals surface area contributed by atoms with Gasteiger partial charge in [0.15, 0.2) is 4.80 Å². The third kappa shape index (κ3) is 9.07. The van der Waals surface area contributed by atoms with Crippen molar-refractivity contribution in [1.82, 2.24) is 9.47 Å². The monoisotopic (exact) mass is 625 g/mol. The van der Waals surface area contributed by atoms with Crippen LogP contribution in [0, 0.1) is 5.92 Å². The normalized spacial score (nSPS) is 19.1. The summed E-state index contributed by atoms with van der Waals surface area (Å²) in [6.07, 6.45) is 0.0646. The highest BCUT2D eigenvalue weighted by atomic mass is 32.1. The number of aromatic nitrogens is 1. The molecule has 238 valence electrons. The fourth-order valence-electron chi connectivity index (χ4n) is 4.92. The van der Waals surface area contributed by atoms with E-state index < -0.39 is 23.2 Å². The molecule has 1 aromatic heterocycles. The quantitative estimate of drug-likeness (QED) is 0.352. The van der Waals surface area contributed by atoms with Crippen LogP contribution in [0.25, 0.3) is 0 Å². The van der Waals surface area contributed by atoms with E-state index in [4.69, 9.17) is 14.2 Å². The summed E-state index contributed by atoms with van der Waals surface area (Å²) in [4.78, 5) is 33.3. The Morgan fingerprint density at radius 2 is 1.77 bits per heavy atom. The van der Waals surface area contributed by atoms with E-state index in [1.54, 1.807) is 4.90 Å². The Morgan fingerprint density at radius 1 is 1.07 bits per heavy atom. The van der Waals surface area contributed by atoms with Crippen molar-refractivity contribution in [1.29, 1.82) is 0 Å². The number of rotatable bonds is 6. The smallest absolute Gasteiger partial charge is 0.416 e. The molecule has 2 fully saturated rings. The van der Waals surface area contributed by atoms with Gasteiger partial charge in [-0.1, -0.05) is 20.8 Å². The molecule has 0 saturated carbocycles. The summed E-state index contributed by atoms with van der Waals surface area (Å²) in [5, 5.41) is 0. The average Bonchev–Trinajstić information content (AvgIpc) is 3.56. The van der Waals surface area contributed by atoms with Gasteiger partial charge in [0.1, 0.15) is 11.4 Å². The minimum Gasteiger partial charge on any atom is -0.492 e. The SMILES string of the molecule is CC(C)(C)OC(=O)N1CCC(COc2ccc(C(F)(F)F)cc2C(=O)N=c2sc(C(C)(C)C)cn2C[C@H]2CCCO2)CC1. The molecule has 0 unspecified atom stereocenters. The van der Waals surface area contributed by atoms with Crippen LogP contribution in [0.2, 0.25) is 0 Å². The van der Waals surface area contributed by atoms with Crippen LogP contribution in [0.4, 0.5) is 18.0 Å². The zero-order valence-electron chi connectivity index (χ0n) is 25.8. The fourth-order valence-corrected chi connectivity index (χ4v) is 5.97. The Balaban J connectivity index is 1.55. The van der Waals surface area contributed by atoms with Crippen molar-refractivity contribution in [2.45, 2.75) is 97.1 Å². The summed E-state index contributed by atoms with van der Waals surface area (Å²) in [6.45, 7) is 13.9. The van der Waals surface area contributed by atoms with Gasteiger partial charge in [0.05, 0.1) is 30.4 Å². The van der Waals surface area contributed by atoms with Crippen molar-refractivity contribution in [2.75, 3.05) is 26.3 Å². The molecule has 2 saturated heterocycles. The van der Waals surface area contributed by atoms with Gasteiger partial charge in [0, 0.05) is 30.8 Å². The van der Waals surface area contributed by atoms with Gasteiger partial charge in [0.2, 0.25) is 0 Å². The number of carbonyl (C=O) groups is 2. The molecular weight excluding hydrogens is 583 g/mol. The second-order valence-corrected chi connectivity index (χ2v) is 14.3. The van der Waals surface area contributed by atoms with Gasteiger partial charge in [-0.25, -0.2) is 4.79 Å². The van der Waals surface area contributed by atoms with E-state index in [0.29, 0.717) is 43.9 Å². The van der Waals surface area contributed by atoms with Gasteiger partial charge in [-0.3, -0.25) is 4.79 Å². The minimum atomic E-state index is -4.63. The van der Waals surface area contributed by atoms with Crippen molar-refractivity contribution in [3.05, 3.63) is 45.2 Å². The molecule has 1 aromatic carbocycles. The zero-order valence-corrected chi connectivity index (χ0v) is 26.6. The average molecular weight is 626 g/mol. The number of carbonyl (C=O) groups excluding carboxylic acids is 2. The van der Waals surface area contributed by atoms with Gasteiger partial charge in [-0.2, -0.15) is 18.2 Å².